The fraction of sp³-hybridized carbons (Fsp3) is 0.154. The Bertz CT molecular complexity index is 1340. The molecule has 6 nitrogen and oxygen atoms in total. The predicted molar refractivity (Wildman–Crippen MR) is 124 cm³/mol. The second-order valence-electron chi connectivity index (χ2n) is 8.39. The molecule has 2 amide bonds. The lowest BCUT2D eigenvalue weighted by atomic mass is 9.83. The lowest BCUT2D eigenvalue weighted by molar-refractivity contribution is -0.124. The van der Waals surface area contributed by atoms with Crippen molar-refractivity contribution in [1.29, 1.82) is 0 Å². The van der Waals surface area contributed by atoms with Crippen LogP contribution >= 0.6 is 11.6 Å². The number of carbonyl (C=O) groups is 3. The summed E-state index contributed by atoms with van der Waals surface area (Å²) in [5.41, 5.74) is 2.58. The van der Waals surface area contributed by atoms with Crippen LogP contribution in [0.5, 0.6) is 0 Å². The maximum absolute atomic E-state index is 13.8. The number of fused-ring (bicyclic) bond motifs is 5. The van der Waals surface area contributed by atoms with Crippen LogP contribution in [-0.4, -0.2) is 34.9 Å². The van der Waals surface area contributed by atoms with Crippen molar-refractivity contribution in [3.05, 3.63) is 101 Å². The van der Waals surface area contributed by atoms with Crippen molar-refractivity contribution in [2.75, 3.05) is 4.90 Å². The third-order valence-electron chi connectivity index (χ3n) is 6.71. The molecule has 3 aromatic rings. The first kappa shape index (κ1) is 19.9. The van der Waals surface area contributed by atoms with Crippen LogP contribution in [0.4, 0.5) is 5.69 Å². The molecule has 2 fully saturated rings. The first-order valence-corrected chi connectivity index (χ1v) is 11.1. The fourth-order valence-corrected chi connectivity index (χ4v) is 5.53. The van der Waals surface area contributed by atoms with Crippen LogP contribution in [-0.2, 0) is 9.59 Å². The van der Waals surface area contributed by atoms with Crippen molar-refractivity contribution in [3.63, 3.8) is 0 Å². The largest absolute Gasteiger partial charge is 0.292 e. The maximum atomic E-state index is 13.8. The highest BCUT2D eigenvalue weighted by Gasteiger charge is 2.65. The Hall–Kier alpha value is -3.77. The number of para-hydroxylation sites is 1. The number of benzene rings is 3. The SMILES string of the molecule is O=C(c1ccccc1)[C@@H]1[C@@H]2C(=O)N(c3ccccc3Cl)C(=O)[C@@H]2C2c3ccccc3C=NN21. The van der Waals surface area contributed by atoms with Gasteiger partial charge >= 0.3 is 0 Å². The third kappa shape index (κ3) is 2.80. The Morgan fingerprint density at radius 2 is 1.48 bits per heavy atom. The molecule has 0 N–H and O–H groups in total. The highest BCUT2D eigenvalue weighted by molar-refractivity contribution is 6.36. The smallest absolute Gasteiger partial charge is 0.240 e. The van der Waals surface area contributed by atoms with Gasteiger partial charge in [-0.1, -0.05) is 78.3 Å². The van der Waals surface area contributed by atoms with Gasteiger partial charge in [0.15, 0.2) is 5.78 Å². The van der Waals surface area contributed by atoms with E-state index in [1.807, 2.05) is 30.3 Å². The molecule has 0 radical (unpaired) electrons. The second-order valence-corrected chi connectivity index (χ2v) is 8.80. The number of hydrazone groups is 1. The quantitative estimate of drug-likeness (QED) is 0.440. The number of Topliss-reactive ketones (excluding diaryl/α,β-unsaturated/α-hetero) is 1. The highest BCUT2D eigenvalue weighted by atomic mass is 35.5. The molecule has 1 unspecified atom stereocenters. The zero-order chi connectivity index (χ0) is 22.7. The first-order chi connectivity index (χ1) is 16.1. The molecule has 3 heterocycles. The number of halogens is 1. The van der Waals surface area contributed by atoms with Gasteiger partial charge in [0.25, 0.3) is 0 Å². The molecule has 4 atom stereocenters. The van der Waals surface area contributed by atoms with Crippen molar-refractivity contribution in [2.24, 2.45) is 16.9 Å². The molecule has 0 aliphatic carbocycles. The minimum absolute atomic E-state index is 0.230. The Labute approximate surface area is 195 Å². The van der Waals surface area contributed by atoms with Crippen LogP contribution in [0.3, 0.4) is 0 Å². The van der Waals surface area contributed by atoms with E-state index < -0.39 is 29.8 Å². The lowest BCUT2D eigenvalue weighted by Gasteiger charge is -2.33. The van der Waals surface area contributed by atoms with E-state index >= 15 is 0 Å². The van der Waals surface area contributed by atoms with Gasteiger partial charge in [-0.3, -0.25) is 19.4 Å². The van der Waals surface area contributed by atoms with Crippen LogP contribution in [0.2, 0.25) is 5.02 Å². The van der Waals surface area contributed by atoms with Gasteiger partial charge < -0.3 is 0 Å². The molecule has 33 heavy (non-hydrogen) atoms. The molecule has 3 aromatic carbocycles. The minimum atomic E-state index is -0.893. The zero-order valence-electron chi connectivity index (χ0n) is 17.3. The summed E-state index contributed by atoms with van der Waals surface area (Å²) in [6.07, 6.45) is 1.69. The van der Waals surface area contributed by atoms with Crippen LogP contribution in [0.25, 0.3) is 0 Å². The van der Waals surface area contributed by atoms with E-state index in [0.29, 0.717) is 16.3 Å². The van der Waals surface area contributed by atoms with Crippen molar-refractivity contribution in [3.8, 4) is 0 Å². The van der Waals surface area contributed by atoms with Gasteiger partial charge in [0.2, 0.25) is 11.8 Å². The van der Waals surface area contributed by atoms with Gasteiger partial charge in [-0.2, -0.15) is 5.10 Å². The van der Waals surface area contributed by atoms with Crippen LogP contribution in [0, 0.1) is 11.8 Å². The number of imide groups is 1. The molecule has 0 bridgehead atoms. The molecule has 3 aliphatic rings. The van der Waals surface area contributed by atoms with Crippen molar-refractivity contribution < 1.29 is 14.4 Å². The van der Waals surface area contributed by atoms with Gasteiger partial charge in [0.05, 0.1) is 34.8 Å². The molecule has 3 aliphatic heterocycles. The van der Waals surface area contributed by atoms with E-state index in [4.69, 9.17) is 11.6 Å². The van der Waals surface area contributed by atoms with E-state index in [1.165, 1.54) is 0 Å². The van der Waals surface area contributed by atoms with Gasteiger partial charge in [0, 0.05) is 5.56 Å². The summed E-state index contributed by atoms with van der Waals surface area (Å²) in [4.78, 5) is 42.4. The Kier molecular flexibility index (Phi) is 4.45. The van der Waals surface area contributed by atoms with Crippen molar-refractivity contribution in [2.45, 2.75) is 12.1 Å². The van der Waals surface area contributed by atoms with Crippen LogP contribution < -0.4 is 4.90 Å². The highest BCUT2D eigenvalue weighted by Crippen LogP contribution is 2.53. The van der Waals surface area contributed by atoms with Crippen molar-refractivity contribution >= 4 is 41.1 Å². The molecule has 0 saturated carbocycles. The molecule has 0 aromatic heterocycles. The average Bonchev–Trinajstić information content (AvgIpc) is 3.32. The maximum Gasteiger partial charge on any atom is 0.240 e. The summed E-state index contributed by atoms with van der Waals surface area (Å²) in [6, 6.07) is 21.8. The summed E-state index contributed by atoms with van der Waals surface area (Å²) in [5, 5.41) is 6.53. The molecular formula is C26H18ClN3O3. The second kappa shape index (κ2) is 7.39. The van der Waals surface area contributed by atoms with Crippen LogP contribution in [0.15, 0.2) is 84.0 Å². The average molecular weight is 456 g/mol. The Morgan fingerprint density at radius 1 is 0.818 bits per heavy atom. The van der Waals surface area contributed by atoms with Gasteiger partial charge in [-0.25, -0.2) is 4.90 Å². The van der Waals surface area contributed by atoms with Gasteiger partial charge in [0.1, 0.15) is 6.04 Å². The van der Waals surface area contributed by atoms with Gasteiger partial charge in [-0.05, 0) is 23.3 Å². The Morgan fingerprint density at radius 3 is 2.27 bits per heavy atom. The predicted octanol–water partition coefficient (Wildman–Crippen LogP) is 4.10. The van der Waals surface area contributed by atoms with E-state index in [-0.39, 0.29) is 11.7 Å². The fourth-order valence-electron chi connectivity index (χ4n) is 5.31. The number of hydrogen-bond donors (Lipinski definition) is 0. The number of amides is 2. The number of ketones is 1. The lowest BCUT2D eigenvalue weighted by Crippen LogP contribution is -2.44. The summed E-state index contributed by atoms with van der Waals surface area (Å²) < 4.78 is 0. The molecular weight excluding hydrogens is 438 g/mol. The molecule has 6 rings (SSSR count). The Balaban J connectivity index is 1.52. The summed E-state index contributed by atoms with van der Waals surface area (Å²) in [5.74, 6) is -2.62. The van der Waals surface area contributed by atoms with E-state index in [2.05, 4.69) is 5.10 Å². The number of nitrogens with zero attached hydrogens (tertiary/aromatic N) is 3. The minimum Gasteiger partial charge on any atom is -0.292 e. The molecule has 0 spiro atoms. The topological polar surface area (TPSA) is 70.0 Å². The van der Waals surface area contributed by atoms with Crippen molar-refractivity contribution in [1.82, 2.24) is 5.01 Å². The monoisotopic (exact) mass is 455 g/mol. The number of carbonyl (C=O) groups excluding carboxylic acids is 3. The third-order valence-corrected chi connectivity index (χ3v) is 7.03. The molecule has 7 heteroatoms. The standard InChI is InChI=1S/C26H18ClN3O3/c27-18-12-6-7-13-19(18)29-25(32)20-21(26(29)33)23(24(31)15-8-2-1-3-9-15)30-22(20)17-11-5-4-10-16(17)14-28-30/h1-14,20-23H/t20-,21+,22?,23-/m0/s1. The number of hydrogen-bond acceptors (Lipinski definition) is 5. The van der Waals surface area contributed by atoms with E-state index in [0.717, 1.165) is 16.0 Å². The molecule has 2 saturated heterocycles. The normalized spacial score (nSPS) is 25.1. The number of rotatable bonds is 3. The molecule has 162 valence electrons. The summed E-state index contributed by atoms with van der Waals surface area (Å²) in [6.45, 7) is 0. The summed E-state index contributed by atoms with van der Waals surface area (Å²) in [7, 11) is 0. The van der Waals surface area contributed by atoms with E-state index in [1.54, 1.807) is 59.8 Å². The number of anilines is 1. The summed E-state index contributed by atoms with van der Waals surface area (Å²) >= 11 is 6.36. The first-order valence-electron chi connectivity index (χ1n) is 10.7. The van der Waals surface area contributed by atoms with Gasteiger partial charge in [-0.15, -0.1) is 0 Å². The van der Waals surface area contributed by atoms with E-state index in [9.17, 15) is 14.4 Å². The zero-order valence-corrected chi connectivity index (χ0v) is 18.1. The van der Waals surface area contributed by atoms with Crippen LogP contribution in [0.1, 0.15) is 27.5 Å².